The highest BCUT2D eigenvalue weighted by molar-refractivity contribution is 14.0. The molecule has 0 spiro atoms. The summed E-state index contributed by atoms with van der Waals surface area (Å²) in [7, 11) is 0. The Labute approximate surface area is 171 Å². The summed E-state index contributed by atoms with van der Waals surface area (Å²) in [5, 5.41) is 3.35. The van der Waals surface area contributed by atoms with E-state index in [1.165, 1.54) is 11.8 Å². The van der Waals surface area contributed by atoms with Gasteiger partial charge in [0.2, 0.25) is 0 Å². The largest absolute Gasteiger partial charge is 0.459 e. The molecule has 1 fully saturated rings. The molecule has 7 heteroatoms. The van der Waals surface area contributed by atoms with Crippen LogP contribution in [-0.2, 0) is 6.54 Å². The maximum Gasteiger partial charge on any atom is 0.289 e. The Kier molecular flexibility index (Phi) is 7.96. The molecular weight excluding hydrogens is 443 g/mol. The zero-order valence-corrected chi connectivity index (χ0v) is 17.3. The molecule has 1 N–H and O–H groups in total. The van der Waals surface area contributed by atoms with Gasteiger partial charge in [-0.25, -0.2) is 4.99 Å². The SMILES string of the molecule is CCNC(=NCc1ccccc1)N1CCN(C(=O)c2ccco2)CC1.I. The molecule has 0 aliphatic carbocycles. The smallest absolute Gasteiger partial charge is 0.289 e. The lowest BCUT2D eigenvalue weighted by Crippen LogP contribution is -2.53. The summed E-state index contributed by atoms with van der Waals surface area (Å²) >= 11 is 0. The molecule has 0 atom stereocenters. The Morgan fingerprint density at radius 2 is 1.77 bits per heavy atom. The first-order chi connectivity index (χ1) is 12.3. The van der Waals surface area contributed by atoms with Crippen molar-refractivity contribution in [2.45, 2.75) is 13.5 Å². The first kappa shape index (κ1) is 20.3. The van der Waals surface area contributed by atoms with Gasteiger partial charge in [-0.1, -0.05) is 30.3 Å². The Hall–Kier alpha value is -2.03. The number of hydrogen-bond acceptors (Lipinski definition) is 3. The second-order valence-electron chi connectivity index (χ2n) is 5.91. The summed E-state index contributed by atoms with van der Waals surface area (Å²) in [5.74, 6) is 1.26. The second-order valence-corrected chi connectivity index (χ2v) is 5.91. The third-order valence-corrected chi connectivity index (χ3v) is 4.19. The monoisotopic (exact) mass is 468 g/mol. The van der Waals surface area contributed by atoms with Crippen LogP contribution in [0.5, 0.6) is 0 Å². The maximum absolute atomic E-state index is 12.3. The van der Waals surface area contributed by atoms with Gasteiger partial charge in [0, 0.05) is 32.7 Å². The topological polar surface area (TPSA) is 61.1 Å². The molecule has 1 aromatic carbocycles. The summed E-state index contributed by atoms with van der Waals surface area (Å²) in [5.41, 5.74) is 1.18. The van der Waals surface area contributed by atoms with Crippen molar-refractivity contribution in [3.05, 3.63) is 60.1 Å². The van der Waals surface area contributed by atoms with Gasteiger partial charge in [0.25, 0.3) is 5.91 Å². The number of aliphatic imine (C=N–C) groups is 1. The Morgan fingerprint density at radius 3 is 2.38 bits per heavy atom. The van der Waals surface area contributed by atoms with Crippen LogP contribution in [0.4, 0.5) is 0 Å². The number of guanidine groups is 1. The molecule has 1 saturated heterocycles. The molecule has 2 aromatic rings. The number of rotatable bonds is 4. The molecule has 26 heavy (non-hydrogen) atoms. The lowest BCUT2D eigenvalue weighted by molar-refractivity contribution is 0.0657. The molecule has 0 unspecified atom stereocenters. The number of carbonyl (C=O) groups is 1. The van der Waals surface area contributed by atoms with Crippen molar-refractivity contribution in [1.29, 1.82) is 0 Å². The van der Waals surface area contributed by atoms with E-state index >= 15 is 0 Å². The van der Waals surface area contributed by atoms with Crippen molar-refractivity contribution in [3.63, 3.8) is 0 Å². The van der Waals surface area contributed by atoms with Crippen molar-refractivity contribution in [2.24, 2.45) is 4.99 Å². The number of hydrogen-bond donors (Lipinski definition) is 1. The quantitative estimate of drug-likeness (QED) is 0.426. The van der Waals surface area contributed by atoms with Crippen molar-refractivity contribution < 1.29 is 9.21 Å². The van der Waals surface area contributed by atoms with E-state index in [1.54, 1.807) is 12.1 Å². The predicted octanol–water partition coefficient (Wildman–Crippen LogP) is 2.82. The molecule has 0 saturated carbocycles. The fourth-order valence-corrected chi connectivity index (χ4v) is 2.85. The minimum Gasteiger partial charge on any atom is -0.459 e. The van der Waals surface area contributed by atoms with E-state index in [-0.39, 0.29) is 29.9 Å². The van der Waals surface area contributed by atoms with E-state index in [9.17, 15) is 4.79 Å². The number of amides is 1. The van der Waals surface area contributed by atoms with Crippen LogP contribution in [0.25, 0.3) is 0 Å². The first-order valence-corrected chi connectivity index (χ1v) is 8.68. The number of nitrogens with zero attached hydrogens (tertiary/aromatic N) is 3. The van der Waals surface area contributed by atoms with Gasteiger partial charge < -0.3 is 19.5 Å². The average molecular weight is 468 g/mol. The van der Waals surface area contributed by atoms with Crippen molar-refractivity contribution in [1.82, 2.24) is 15.1 Å². The molecule has 0 radical (unpaired) electrons. The van der Waals surface area contributed by atoms with E-state index in [1.807, 2.05) is 23.1 Å². The number of nitrogens with one attached hydrogen (secondary N) is 1. The van der Waals surface area contributed by atoms with Crippen LogP contribution in [0.3, 0.4) is 0 Å². The van der Waals surface area contributed by atoms with Gasteiger partial charge in [0.1, 0.15) is 0 Å². The highest BCUT2D eigenvalue weighted by atomic mass is 127. The zero-order chi connectivity index (χ0) is 17.5. The van der Waals surface area contributed by atoms with Crippen LogP contribution in [0.2, 0.25) is 0 Å². The molecule has 1 aromatic heterocycles. The predicted molar refractivity (Wildman–Crippen MR) is 113 cm³/mol. The molecular formula is C19H25IN4O2. The fraction of sp³-hybridized carbons (Fsp3) is 0.368. The molecule has 140 valence electrons. The number of benzene rings is 1. The number of piperazine rings is 1. The van der Waals surface area contributed by atoms with Crippen molar-refractivity contribution in [3.8, 4) is 0 Å². The minimum atomic E-state index is -0.0455. The van der Waals surface area contributed by atoms with Gasteiger partial charge in [-0.3, -0.25) is 4.79 Å². The van der Waals surface area contributed by atoms with Crippen LogP contribution >= 0.6 is 24.0 Å². The van der Waals surface area contributed by atoms with E-state index in [0.717, 1.165) is 25.6 Å². The summed E-state index contributed by atoms with van der Waals surface area (Å²) in [6, 6.07) is 13.7. The second kappa shape index (κ2) is 10.2. The van der Waals surface area contributed by atoms with Crippen LogP contribution in [0.1, 0.15) is 23.0 Å². The highest BCUT2D eigenvalue weighted by Gasteiger charge is 2.25. The van der Waals surface area contributed by atoms with E-state index in [4.69, 9.17) is 9.41 Å². The van der Waals surface area contributed by atoms with Gasteiger partial charge >= 0.3 is 0 Å². The van der Waals surface area contributed by atoms with E-state index in [0.29, 0.717) is 25.4 Å². The van der Waals surface area contributed by atoms with Gasteiger partial charge in [0.05, 0.1) is 12.8 Å². The maximum atomic E-state index is 12.3. The molecule has 2 heterocycles. The Balaban J connectivity index is 0.00000243. The van der Waals surface area contributed by atoms with Gasteiger partial charge in [0.15, 0.2) is 11.7 Å². The van der Waals surface area contributed by atoms with Gasteiger partial charge in [-0.15, -0.1) is 24.0 Å². The number of furan rings is 1. The first-order valence-electron chi connectivity index (χ1n) is 8.68. The molecule has 1 amide bonds. The average Bonchev–Trinajstić information content (AvgIpc) is 3.20. The molecule has 1 aliphatic heterocycles. The minimum absolute atomic E-state index is 0. The summed E-state index contributed by atoms with van der Waals surface area (Å²) in [4.78, 5) is 21.1. The highest BCUT2D eigenvalue weighted by Crippen LogP contribution is 2.10. The van der Waals surface area contributed by atoms with Crippen molar-refractivity contribution in [2.75, 3.05) is 32.7 Å². The van der Waals surface area contributed by atoms with Gasteiger partial charge in [-0.2, -0.15) is 0 Å². The molecule has 0 bridgehead atoms. The van der Waals surface area contributed by atoms with Crippen LogP contribution in [-0.4, -0.2) is 54.4 Å². The van der Waals surface area contributed by atoms with Crippen LogP contribution < -0.4 is 5.32 Å². The van der Waals surface area contributed by atoms with Crippen LogP contribution in [0, 0.1) is 0 Å². The lowest BCUT2D eigenvalue weighted by atomic mass is 10.2. The lowest BCUT2D eigenvalue weighted by Gasteiger charge is -2.36. The fourth-order valence-electron chi connectivity index (χ4n) is 2.85. The zero-order valence-electron chi connectivity index (χ0n) is 14.9. The van der Waals surface area contributed by atoms with E-state index in [2.05, 4.69) is 29.3 Å². The normalized spacial score (nSPS) is 14.7. The number of halogens is 1. The van der Waals surface area contributed by atoms with Gasteiger partial charge in [-0.05, 0) is 24.6 Å². The molecule has 6 nitrogen and oxygen atoms in total. The standard InChI is InChI=1S/C19H24N4O2.HI/c1-2-20-19(21-15-16-7-4-3-5-8-16)23-12-10-22(11-13-23)18(24)17-9-6-14-25-17;/h3-9,14H,2,10-13,15H2,1H3,(H,20,21);1H. The third kappa shape index (κ3) is 5.23. The van der Waals surface area contributed by atoms with Crippen molar-refractivity contribution >= 4 is 35.8 Å². The number of carbonyl (C=O) groups excluding carboxylic acids is 1. The summed E-state index contributed by atoms with van der Waals surface area (Å²) in [6.07, 6.45) is 1.53. The summed E-state index contributed by atoms with van der Waals surface area (Å²) in [6.45, 7) is 6.37. The van der Waals surface area contributed by atoms with E-state index < -0.39 is 0 Å². The third-order valence-electron chi connectivity index (χ3n) is 4.19. The summed E-state index contributed by atoms with van der Waals surface area (Å²) < 4.78 is 5.21. The molecule has 3 rings (SSSR count). The molecule has 1 aliphatic rings. The van der Waals surface area contributed by atoms with Crippen LogP contribution in [0.15, 0.2) is 58.1 Å². The Bertz CT molecular complexity index is 696. The Morgan fingerprint density at radius 1 is 1.08 bits per heavy atom.